The second-order valence-electron chi connectivity index (χ2n) is 0.625. The first-order valence-electron chi connectivity index (χ1n) is 1.18. The summed E-state index contributed by atoms with van der Waals surface area (Å²) in [6.07, 6.45) is 0. The maximum Gasteiger partial charge on any atom is 2.00 e. The fourth-order valence-electron chi connectivity index (χ4n) is 0. The smallest absolute Gasteiger partial charge is 0.759 e. The molecule has 0 saturated heterocycles. The molecule has 0 heterocycles. The van der Waals surface area contributed by atoms with Gasteiger partial charge in [-0.15, -0.1) is 0 Å². The first-order chi connectivity index (χ1) is 3.73. The monoisotopic (exact) mass is 255 g/mol. The normalized spacial score (nSPS) is 10.9. The summed E-state index contributed by atoms with van der Waals surface area (Å²) in [5, 5.41) is 0. The Hall–Kier alpha value is 1.46. The van der Waals surface area contributed by atoms with E-state index in [0.29, 0.717) is 0 Å². The standard InChI is InChI=1S/Mn.Na.H2O4S.H2O3S/c;;1-5(2,3)4;1-4(2)3/h;;(H2,1,2,3,4);(H2,1,2,3)/q+2;+1;;/p-3. The molecule has 0 spiro atoms. The topological polar surface area (TPSA) is 141 Å². The first kappa shape index (κ1) is 22.9. The van der Waals surface area contributed by atoms with Crippen LogP contribution in [-0.4, -0.2) is 30.8 Å². The number of hydrogen-bond acceptors (Lipinski definition) is 6. The van der Waals surface area contributed by atoms with Crippen molar-refractivity contribution in [1.82, 2.24) is 0 Å². The van der Waals surface area contributed by atoms with Gasteiger partial charge < -0.3 is 18.2 Å². The van der Waals surface area contributed by atoms with Crippen molar-refractivity contribution in [3.8, 4) is 0 Å². The summed E-state index contributed by atoms with van der Waals surface area (Å²) < 4.78 is 58.2. The molecule has 0 fully saturated rings. The van der Waals surface area contributed by atoms with Crippen molar-refractivity contribution < 1.29 is 77.5 Å². The summed E-state index contributed by atoms with van der Waals surface area (Å²) in [5.41, 5.74) is 0. The molecule has 63 valence electrons. The summed E-state index contributed by atoms with van der Waals surface area (Å²) in [6, 6.07) is 0. The van der Waals surface area contributed by atoms with Crippen LogP contribution in [-0.2, 0) is 38.8 Å². The van der Waals surface area contributed by atoms with E-state index in [2.05, 4.69) is 0 Å². The molecular formula is HMnNaO7S2. The third-order valence-electron chi connectivity index (χ3n) is 0. The van der Waals surface area contributed by atoms with E-state index >= 15 is 0 Å². The minimum atomic E-state index is -5.17. The van der Waals surface area contributed by atoms with E-state index in [9.17, 15) is 0 Å². The second-order valence-corrected chi connectivity index (χ2v) is 1.88. The van der Waals surface area contributed by atoms with E-state index < -0.39 is 21.8 Å². The fourth-order valence-corrected chi connectivity index (χ4v) is 0. The Morgan fingerprint density at radius 1 is 1.27 bits per heavy atom. The summed E-state index contributed by atoms with van der Waals surface area (Å²) in [4.78, 5) is 0. The Kier molecular flexibility index (Phi) is 23.8. The van der Waals surface area contributed by atoms with Gasteiger partial charge in [0, 0.05) is 10.4 Å². The van der Waals surface area contributed by atoms with E-state index in [1.807, 2.05) is 0 Å². The maximum absolute atomic E-state index is 8.56. The molecule has 1 radical (unpaired) electrons. The second kappa shape index (κ2) is 11.5. The summed E-state index contributed by atoms with van der Waals surface area (Å²) >= 11 is -2.86. The average Bonchev–Trinajstić information content (AvgIpc) is 1.19. The van der Waals surface area contributed by atoms with E-state index in [4.69, 9.17) is 30.8 Å². The van der Waals surface area contributed by atoms with Crippen LogP contribution in [0.5, 0.6) is 0 Å². The minimum Gasteiger partial charge on any atom is -0.759 e. The van der Waals surface area contributed by atoms with E-state index in [1.54, 1.807) is 0 Å². The molecule has 0 aromatic heterocycles. The molecule has 0 aliphatic heterocycles. The molecule has 0 aromatic rings. The van der Waals surface area contributed by atoms with Crippen LogP contribution in [0.3, 0.4) is 0 Å². The molecule has 11 heavy (non-hydrogen) atoms. The van der Waals surface area contributed by atoms with Crippen molar-refractivity contribution in [3.63, 3.8) is 0 Å². The van der Waals surface area contributed by atoms with Crippen molar-refractivity contribution in [3.05, 3.63) is 0 Å². The van der Waals surface area contributed by atoms with Crippen LogP contribution in [0.1, 0.15) is 0 Å². The Balaban J connectivity index is -0.0000000383. The summed E-state index contributed by atoms with van der Waals surface area (Å²) in [7, 11) is -5.17. The predicted octanol–water partition coefficient (Wildman–Crippen LogP) is -5.00. The van der Waals surface area contributed by atoms with Gasteiger partial charge in [0.1, 0.15) is 0 Å². The number of hydrogen-bond donors (Lipinski definition) is 1. The van der Waals surface area contributed by atoms with Crippen LogP contribution >= 0.6 is 0 Å². The largest absolute Gasteiger partial charge is 2.00 e. The van der Waals surface area contributed by atoms with Crippen molar-refractivity contribution >= 4 is 21.8 Å². The number of rotatable bonds is 0. The molecule has 0 aliphatic carbocycles. The van der Waals surface area contributed by atoms with E-state index in [-0.39, 0.29) is 46.6 Å². The predicted molar refractivity (Wildman–Crippen MR) is 22.0 cm³/mol. The molecule has 1 unspecified atom stereocenters. The molecule has 0 rings (SSSR count). The van der Waals surface area contributed by atoms with Gasteiger partial charge >= 0.3 is 46.6 Å². The van der Waals surface area contributed by atoms with Crippen LogP contribution < -0.4 is 29.6 Å². The summed E-state index contributed by atoms with van der Waals surface area (Å²) in [6.45, 7) is 0. The van der Waals surface area contributed by atoms with Gasteiger partial charge in [0.05, 0.1) is 11.4 Å². The average molecular weight is 255 g/mol. The van der Waals surface area contributed by atoms with E-state index in [0.717, 1.165) is 0 Å². The molecular weight excluding hydrogens is 254 g/mol. The Morgan fingerprint density at radius 3 is 1.27 bits per heavy atom. The van der Waals surface area contributed by atoms with Crippen molar-refractivity contribution in [2.45, 2.75) is 0 Å². The summed E-state index contributed by atoms with van der Waals surface area (Å²) in [5.74, 6) is 0. The van der Waals surface area contributed by atoms with Gasteiger partial charge in [0.25, 0.3) is 0 Å². The molecule has 0 aromatic carbocycles. The Morgan fingerprint density at radius 2 is 1.27 bits per heavy atom. The van der Waals surface area contributed by atoms with Gasteiger partial charge in [-0.1, -0.05) is 0 Å². The zero-order chi connectivity index (χ0) is 8.08. The van der Waals surface area contributed by atoms with Crippen LogP contribution in [0.15, 0.2) is 0 Å². The van der Waals surface area contributed by atoms with Crippen LogP contribution in [0.25, 0.3) is 0 Å². The molecule has 1 atom stereocenters. The van der Waals surface area contributed by atoms with E-state index in [1.165, 1.54) is 0 Å². The van der Waals surface area contributed by atoms with Gasteiger partial charge in [-0.3, -0.25) is 8.42 Å². The molecule has 0 bridgehead atoms. The zero-order valence-corrected chi connectivity index (χ0v) is 9.90. The molecule has 0 saturated carbocycles. The fraction of sp³-hybridized carbons (Fsp3) is 0. The van der Waals surface area contributed by atoms with Crippen LogP contribution in [0.4, 0.5) is 0 Å². The minimum absolute atomic E-state index is 0. The van der Waals surface area contributed by atoms with Crippen molar-refractivity contribution in [2.24, 2.45) is 0 Å². The van der Waals surface area contributed by atoms with Gasteiger partial charge in [-0.25, -0.2) is 4.21 Å². The Bertz CT molecular complexity index is 159. The zero-order valence-electron chi connectivity index (χ0n) is 5.09. The van der Waals surface area contributed by atoms with Crippen molar-refractivity contribution in [2.75, 3.05) is 0 Å². The molecule has 0 aliphatic rings. The van der Waals surface area contributed by atoms with Crippen LogP contribution in [0.2, 0.25) is 0 Å². The third-order valence-corrected chi connectivity index (χ3v) is 0. The van der Waals surface area contributed by atoms with Gasteiger partial charge in [-0.05, 0) is 0 Å². The van der Waals surface area contributed by atoms with Gasteiger partial charge in [0.15, 0.2) is 0 Å². The third kappa shape index (κ3) is 481. The van der Waals surface area contributed by atoms with Gasteiger partial charge in [0.2, 0.25) is 0 Å². The maximum atomic E-state index is 8.56. The molecule has 0 amide bonds. The van der Waals surface area contributed by atoms with Crippen molar-refractivity contribution in [1.29, 1.82) is 0 Å². The SMILES string of the molecule is O=S(=O)([O-])[O-].O=S([O-])O.[Mn+2].[Na+]. The molecule has 11 heteroatoms. The Labute approximate surface area is 98.4 Å². The van der Waals surface area contributed by atoms with Crippen LogP contribution in [0, 0.1) is 0 Å². The molecule has 7 nitrogen and oxygen atoms in total. The van der Waals surface area contributed by atoms with Gasteiger partial charge in [-0.2, -0.15) is 0 Å². The molecule has 1 N–H and O–H groups in total. The first-order valence-corrected chi connectivity index (χ1v) is 3.55. The quantitative estimate of drug-likeness (QED) is 0.198.